The molecular weight excluding hydrogens is 412 g/mol. The number of benzene rings is 1. The van der Waals surface area contributed by atoms with Gasteiger partial charge in [0.15, 0.2) is 0 Å². The minimum atomic E-state index is -0.0553. The van der Waals surface area contributed by atoms with Crippen LogP contribution in [0.15, 0.2) is 41.8 Å². The summed E-state index contributed by atoms with van der Waals surface area (Å²) in [6, 6.07) is 8.94. The van der Waals surface area contributed by atoms with Crippen LogP contribution in [0.2, 0.25) is 0 Å². The lowest BCUT2D eigenvalue weighted by atomic mass is 9.98. The van der Waals surface area contributed by atoms with E-state index in [1.165, 1.54) is 5.69 Å². The van der Waals surface area contributed by atoms with Crippen molar-refractivity contribution in [1.82, 2.24) is 9.97 Å². The van der Waals surface area contributed by atoms with Gasteiger partial charge < -0.3 is 19.9 Å². The molecule has 0 bridgehead atoms. The SMILES string of the molecule is C=C(C)c1cc(N(CC)C2CCOCC2)c2ccnc(NCc3c(C)cc(C)[nH]c3=O)c2c1. The molecule has 4 rings (SSSR count). The summed E-state index contributed by atoms with van der Waals surface area (Å²) in [4.78, 5) is 22.5. The van der Waals surface area contributed by atoms with E-state index in [-0.39, 0.29) is 5.56 Å². The molecule has 2 aromatic heterocycles. The van der Waals surface area contributed by atoms with E-state index in [1.54, 1.807) is 0 Å². The molecule has 1 aliphatic rings. The van der Waals surface area contributed by atoms with Crippen molar-refractivity contribution in [2.75, 3.05) is 30.0 Å². The van der Waals surface area contributed by atoms with Gasteiger partial charge in [-0.1, -0.05) is 12.2 Å². The molecule has 1 aliphatic heterocycles. The number of ether oxygens (including phenoxy) is 1. The van der Waals surface area contributed by atoms with Gasteiger partial charge in [0.25, 0.3) is 5.56 Å². The third-order valence-electron chi connectivity index (χ3n) is 6.56. The number of aryl methyl sites for hydroxylation is 2. The van der Waals surface area contributed by atoms with Gasteiger partial charge in [-0.15, -0.1) is 0 Å². The van der Waals surface area contributed by atoms with Crippen molar-refractivity contribution in [2.24, 2.45) is 0 Å². The number of aromatic amines is 1. The number of rotatable bonds is 7. The number of pyridine rings is 2. The molecule has 0 amide bonds. The van der Waals surface area contributed by atoms with Gasteiger partial charge in [-0.05, 0) is 75.9 Å². The average Bonchev–Trinajstić information content (AvgIpc) is 2.79. The number of aromatic nitrogens is 2. The summed E-state index contributed by atoms with van der Waals surface area (Å²) in [7, 11) is 0. The lowest BCUT2D eigenvalue weighted by molar-refractivity contribution is 0.0847. The van der Waals surface area contributed by atoms with E-state index >= 15 is 0 Å². The quantitative estimate of drug-likeness (QED) is 0.523. The van der Waals surface area contributed by atoms with Gasteiger partial charge in [0.2, 0.25) is 0 Å². The second-order valence-electron chi connectivity index (χ2n) is 8.96. The third-order valence-corrected chi connectivity index (χ3v) is 6.56. The van der Waals surface area contributed by atoms with Crippen LogP contribution in [0, 0.1) is 13.8 Å². The summed E-state index contributed by atoms with van der Waals surface area (Å²) in [5, 5.41) is 5.63. The van der Waals surface area contributed by atoms with Gasteiger partial charge in [0.05, 0.1) is 0 Å². The molecule has 0 saturated carbocycles. The first-order chi connectivity index (χ1) is 15.9. The summed E-state index contributed by atoms with van der Waals surface area (Å²) in [6.07, 6.45) is 3.90. The van der Waals surface area contributed by atoms with Gasteiger partial charge in [0.1, 0.15) is 5.82 Å². The molecule has 1 aromatic carbocycles. The minimum Gasteiger partial charge on any atom is -0.381 e. The summed E-state index contributed by atoms with van der Waals surface area (Å²) in [5.41, 5.74) is 5.84. The molecule has 6 heteroatoms. The number of hydrogen-bond donors (Lipinski definition) is 2. The summed E-state index contributed by atoms with van der Waals surface area (Å²) in [5.74, 6) is 0.777. The number of anilines is 2. The number of fused-ring (bicyclic) bond motifs is 1. The minimum absolute atomic E-state index is 0.0553. The van der Waals surface area contributed by atoms with Crippen LogP contribution in [-0.4, -0.2) is 35.8 Å². The predicted molar refractivity (Wildman–Crippen MR) is 137 cm³/mol. The fraction of sp³-hybridized carbons (Fsp3) is 0.407. The number of nitrogens with zero attached hydrogens (tertiary/aromatic N) is 2. The van der Waals surface area contributed by atoms with Crippen LogP contribution in [0.25, 0.3) is 16.3 Å². The molecule has 33 heavy (non-hydrogen) atoms. The lowest BCUT2D eigenvalue weighted by Crippen LogP contribution is -2.39. The van der Waals surface area contributed by atoms with E-state index in [4.69, 9.17) is 4.74 Å². The number of hydrogen-bond acceptors (Lipinski definition) is 5. The molecule has 0 atom stereocenters. The van der Waals surface area contributed by atoms with Crippen molar-refractivity contribution in [3.8, 4) is 0 Å². The number of allylic oxidation sites excluding steroid dienone is 1. The maximum Gasteiger partial charge on any atom is 0.253 e. The Balaban J connectivity index is 1.77. The van der Waals surface area contributed by atoms with Crippen LogP contribution in [0.3, 0.4) is 0 Å². The molecule has 0 spiro atoms. The second-order valence-corrected chi connectivity index (χ2v) is 8.96. The van der Waals surface area contributed by atoms with E-state index in [9.17, 15) is 4.79 Å². The zero-order valence-electron chi connectivity index (χ0n) is 20.1. The topological polar surface area (TPSA) is 70.2 Å². The normalized spacial score (nSPS) is 14.4. The Morgan fingerprint density at radius 3 is 2.67 bits per heavy atom. The van der Waals surface area contributed by atoms with Crippen LogP contribution in [-0.2, 0) is 11.3 Å². The first-order valence-corrected chi connectivity index (χ1v) is 11.7. The van der Waals surface area contributed by atoms with Crippen LogP contribution in [0.4, 0.5) is 11.5 Å². The molecule has 3 heterocycles. The molecule has 6 nitrogen and oxygen atoms in total. The maximum atomic E-state index is 12.5. The van der Waals surface area contributed by atoms with Gasteiger partial charge >= 0.3 is 0 Å². The lowest BCUT2D eigenvalue weighted by Gasteiger charge is -2.36. The monoisotopic (exact) mass is 446 g/mol. The van der Waals surface area contributed by atoms with Crippen LogP contribution >= 0.6 is 0 Å². The summed E-state index contributed by atoms with van der Waals surface area (Å²) in [6.45, 7) is 15.3. The van der Waals surface area contributed by atoms with Gasteiger partial charge in [-0.25, -0.2) is 4.98 Å². The second kappa shape index (κ2) is 9.79. The van der Waals surface area contributed by atoms with E-state index in [1.807, 2.05) is 33.0 Å². The van der Waals surface area contributed by atoms with Gasteiger partial charge in [-0.2, -0.15) is 0 Å². The Morgan fingerprint density at radius 1 is 1.24 bits per heavy atom. The standard InChI is InChI=1S/C27H34N4O2/c1-6-31(21-8-11-33-12-9-21)25-15-20(17(2)3)14-23-22(25)7-10-28-26(23)29-16-24-18(4)13-19(5)30-27(24)32/h7,10,13-15,21H,2,6,8-9,11-12,16H2,1,3-5H3,(H,28,29)(H,30,32). The molecule has 2 N–H and O–H groups in total. The Hall–Kier alpha value is -3.12. The largest absolute Gasteiger partial charge is 0.381 e. The van der Waals surface area contributed by atoms with Gasteiger partial charge in [0, 0.05) is 66.3 Å². The zero-order valence-corrected chi connectivity index (χ0v) is 20.1. The Bertz CT molecular complexity index is 1220. The highest BCUT2D eigenvalue weighted by Crippen LogP contribution is 2.36. The fourth-order valence-electron chi connectivity index (χ4n) is 4.79. The van der Waals surface area contributed by atoms with Crippen molar-refractivity contribution in [3.63, 3.8) is 0 Å². The van der Waals surface area contributed by atoms with Crippen molar-refractivity contribution in [1.29, 1.82) is 0 Å². The maximum absolute atomic E-state index is 12.5. The molecule has 3 aromatic rings. The van der Waals surface area contributed by atoms with Crippen LogP contribution in [0.1, 0.15) is 49.1 Å². The van der Waals surface area contributed by atoms with Crippen LogP contribution in [0.5, 0.6) is 0 Å². The predicted octanol–water partition coefficient (Wildman–Crippen LogP) is 5.19. The average molecular weight is 447 g/mol. The molecule has 0 radical (unpaired) electrons. The fourth-order valence-corrected chi connectivity index (χ4v) is 4.79. The number of nitrogens with one attached hydrogen (secondary N) is 2. The Labute approximate surface area is 195 Å². The van der Waals surface area contributed by atoms with Crippen molar-refractivity contribution in [3.05, 3.63) is 69.8 Å². The van der Waals surface area contributed by atoms with Gasteiger partial charge in [-0.3, -0.25) is 4.79 Å². The van der Waals surface area contributed by atoms with Crippen molar-refractivity contribution in [2.45, 2.75) is 53.1 Å². The first kappa shape index (κ1) is 23.1. The summed E-state index contributed by atoms with van der Waals surface area (Å²) < 4.78 is 5.61. The molecular formula is C27H34N4O2. The first-order valence-electron chi connectivity index (χ1n) is 11.7. The molecule has 0 aliphatic carbocycles. The molecule has 174 valence electrons. The Morgan fingerprint density at radius 2 is 2.00 bits per heavy atom. The van der Waals surface area contributed by atoms with Crippen molar-refractivity contribution < 1.29 is 4.74 Å². The van der Waals surface area contributed by atoms with E-state index in [0.29, 0.717) is 12.6 Å². The smallest absolute Gasteiger partial charge is 0.253 e. The molecule has 1 fully saturated rings. The molecule has 0 unspecified atom stereocenters. The van der Waals surface area contributed by atoms with Crippen LogP contribution < -0.4 is 15.8 Å². The molecule has 1 saturated heterocycles. The Kier molecular flexibility index (Phi) is 6.84. The summed E-state index contributed by atoms with van der Waals surface area (Å²) >= 11 is 0. The van der Waals surface area contributed by atoms with E-state index < -0.39 is 0 Å². The zero-order chi connectivity index (χ0) is 23.5. The third kappa shape index (κ3) is 4.81. The van der Waals surface area contributed by atoms with Crippen molar-refractivity contribution >= 4 is 27.9 Å². The highest BCUT2D eigenvalue weighted by Gasteiger charge is 2.23. The number of H-pyrrole nitrogens is 1. The van der Waals surface area contributed by atoms with E-state index in [0.717, 1.165) is 77.1 Å². The van der Waals surface area contributed by atoms with E-state index in [2.05, 4.69) is 51.9 Å². The highest BCUT2D eigenvalue weighted by molar-refractivity contribution is 6.02. The highest BCUT2D eigenvalue weighted by atomic mass is 16.5.